The van der Waals surface area contributed by atoms with E-state index < -0.39 is 32.4 Å². The van der Waals surface area contributed by atoms with E-state index in [0.29, 0.717) is 25.0 Å². The molecule has 0 radical (unpaired) electrons. The molecule has 0 saturated heterocycles. The molecule has 4 nitrogen and oxygen atoms in total. The summed E-state index contributed by atoms with van der Waals surface area (Å²) < 4.78 is 65.6. The zero-order chi connectivity index (χ0) is 14.9. The van der Waals surface area contributed by atoms with Gasteiger partial charge >= 0.3 is 0 Å². The molecule has 0 aromatic heterocycles. The Morgan fingerprint density at radius 2 is 1.80 bits per heavy atom. The Morgan fingerprint density at radius 3 is 2.25 bits per heavy atom. The van der Waals surface area contributed by atoms with Gasteiger partial charge in [-0.1, -0.05) is 0 Å². The van der Waals surface area contributed by atoms with Gasteiger partial charge in [0.25, 0.3) is 0 Å². The second-order valence-corrected chi connectivity index (χ2v) is 6.28. The van der Waals surface area contributed by atoms with Crippen molar-refractivity contribution in [3.8, 4) is 6.07 Å². The summed E-state index contributed by atoms with van der Waals surface area (Å²) in [5.74, 6) is -4.12. The molecule has 1 aromatic carbocycles. The number of rotatable bonds is 5. The Kier molecular flexibility index (Phi) is 4.01. The summed E-state index contributed by atoms with van der Waals surface area (Å²) >= 11 is 0. The topological polar surface area (TPSA) is 61.2 Å². The molecule has 0 unspecified atom stereocenters. The van der Waals surface area contributed by atoms with Gasteiger partial charge in [-0.15, -0.1) is 0 Å². The highest BCUT2D eigenvalue weighted by molar-refractivity contribution is 7.89. The second kappa shape index (κ2) is 5.42. The Hall–Kier alpha value is -1.59. The maximum absolute atomic E-state index is 13.6. The quantitative estimate of drug-likeness (QED) is 0.837. The normalized spacial score (nSPS) is 15.3. The van der Waals surface area contributed by atoms with Crippen LogP contribution in [0.25, 0.3) is 0 Å². The van der Waals surface area contributed by atoms with Crippen molar-refractivity contribution in [1.82, 2.24) is 4.31 Å². The van der Waals surface area contributed by atoms with E-state index in [1.165, 1.54) is 0 Å². The Morgan fingerprint density at radius 1 is 1.25 bits per heavy atom. The van der Waals surface area contributed by atoms with Crippen LogP contribution in [0.2, 0.25) is 0 Å². The van der Waals surface area contributed by atoms with Gasteiger partial charge in [0.05, 0.1) is 6.07 Å². The van der Waals surface area contributed by atoms with Gasteiger partial charge in [-0.25, -0.2) is 21.6 Å². The number of nitriles is 1. The van der Waals surface area contributed by atoms with E-state index in [2.05, 4.69) is 0 Å². The molecule has 1 saturated carbocycles. The SMILES string of the molecule is N#CCCN(C1CC1)S(=O)(=O)c1c(F)cc(F)cc1F. The van der Waals surface area contributed by atoms with Crippen LogP contribution in [-0.2, 0) is 10.0 Å². The predicted molar refractivity (Wildman–Crippen MR) is 63.5 cm³/mol. The van der Waals surface area contributed by atoms with Crippen LogP contribution in [0, 0.1) is 28.8 Å². The van der Waals surface area contributed by atoms with Crippen molar-refractivity contribution in [3.63, 3.8) is 0 Å². The van der Waals surface area contributed by atoms with Gasteiger partial charge in [0, 0.05) is 31.1 Å². The van der Waals surface area contributed by atoms with Crippen LogP contribution in [0.4, 0.5) is 13.2 Å². The molecular formula is C12H11F3N2O2S. The van der Waals surface area contributed by atoms with E-state index in [4.69, 9.17) is 5.26 Å². The highest BCUT2D eigenvalue weighted by Gasteiger charge is 2.40. The summed E-state index contributed by atoms with van der Waals surface area (Å²) in [7, 11) is -4.42. The average molecular weight is 304 g/mol. The van der Waals surface area contributed by atoms with Crippen LogP contribution < -0.4 is 0 Å². The van der Waals surface area contributed by atoms with Crippen molar-refractivity contribution in [1.29, 1.82) is 5.26 Å². The van der Waals surface area contributed by atoms with Crippen LogP contribution in [0.3, 0.4) is 0 Å². The molecule has 20 heavy (non-hydrogen) atoms. The highest BCUT2D eigenvalue weighted by atomic mass is 32.2. The lowest BCUT2D eigenvalue weighted by Gasteiger charge is -2.21. The minimum absolute atomic E-state index is 0.0832. The molecule has 0 heterocycles. The van der Waals surface area contributed by atoms with Crippen molar-refractivity contribution >= 4 is 10.0 Å². The van der Waals surface area contributed by atoms with E-state index in [-0.39, 0.29) is 19.0 Å². The molecule has 1 aliphatic rings. The average Bonchev–Trinajstić information content (AvgIpc) is 3.11. The summed E-state index contributed by atoms with van der Waals surface area (Å²) in [5, 5.41) is 8.53. The summed E-state index contributed by atoms with van der Waals surface area (Å²) in [4.78, 5) is -1.16. The zero-order valence-corrected chi connectivity index (χ0v) is 11.1. The number of halogens is 3. The maximum Gasteiger partial charge on any atom is 0.249 e. The van der Waals surface area contributed by atoms with E-state index in [0.717, 1.165) is 4.31 Å². The molecule has 0 spiro atoms. The van der Waals surface area contributed by atoms with E-state index in [1.54, 1.807) is 6.07 Å². The molecular weight excluding hydrogens is 293 g/mol. The van der Waals surface area contributed by atoms with Crippen LogP contribution in [0.1, 0.15) is 19.3 Å². The molecule has 2 rings (SSSR count). The molecule has 0 bridgehead atoms. The molecule has 0 atom stereocenters. The van der Waals surface area contributed by atoms with E-state index >= 15 is 0 Å². The van der Waals surface area contributed by atoms with Crippen LogP contribution in [0.15, 0.2) is 17.0 Å². The van der Waals surface area contributed by atoms with E-state index in [9.17, 15) is 21.6 Å². The minimum Gasteiger partial charge on any atom is -0.207 e. The molecule has 1 aliphatic carbocycles. The molecule has 0 N–H and O–H groups in total. The van der Waals surface area contributed by atoms with Gasteiger partial charge in [0.1, 0.15) is 17.5 Å². The van der Waals surface area contributed by atoms with Crippen LogP contribution in [-0.4, -0.2) is 25.3 Å². The van der Waals surface area contributed by atoms with Gasteiger partial charge in [-0.2, -0.15) is 9.57 Å². The predicted octanol–water partition coefficient (Wildman–Crippen LogP) is 2.17. The Balaban J connectivity index is 2.46. The lowest BCUT2D eigenvalue weighted by Crippen LogP contribution is -2.35. The minimum atomic E-state index is -4.42. The number of sulfonamides is 1. The molecule has 1 fully saturated rings. The van der Waals surface area contributed by atoms with Gasteiger partial charge < -0.3 is 0 Å². The Labute approximate surface area is 114 Å². The first-order chi connectivity index (χ1) is 9.37. The monoisotopic (exact) mass is 304 g/mol. The largest absolute Gasteiger partial charge is 0.249 e. The number of nitrogens with zero attached hydrogens (tertiary/aromatic N) is 2. The number of benzene rings is 1. The standard InChI is InChI=1S/C12H11F3N2O2S/c13-8-6-10(14)12(11(15)7-8)20(18,19)17(5-1-4-16)9-2-3-9/h6-7,9H,1-3,5H2. The summed E-state index contributed by atoms with van der Waals surface area (Å²) in [5.41, 5.74) is 0. The van der Waals surface area contributed by atoms with Crippen LogP contribution >= 0.6 is 0 Å². The van der Waals surface area contributed by atoms with Crippen molar-refractivity contribution < 1.29 is 21.6 Å². The van der Waals surface area contributed by atoms with Gasteiger partial charge in [-0.3, -0.25) is 0 Å². The van der Waals surface area contributed by atoms with Gasteiger partial charge in [0.2, 0.25) is 10.0 Å². The van der Waals surface area contributed by atoms with Crippen molar-refractivity contribution in [2.45, 2.75) is 30.2 Å². The summed E-state index contributed by atoms with van der Waals surface area (Å²) in [6, 6.07) is 2.09. The number of hydrogen-bond acceptors (Lipinski definition) is 3. The second-order valence-electron chi connectivity index (χ2n) is 4.45. The van der Waals surface area contributed by atoms with Crippen molar-refractivity contribution in [2.24, 2.45) is 0 Å². The van der Waals surface area contributed by atoms with Crippen LogP contribution in [0.5, 0.6) is 0 Å². The molecule has 108 valence electrons. The first-order valence-corrected chi connectivity index (χ1v) is 7.35. The first kappa shape index (κ1) is 14.8. The fourth-order valence-electron chi connectivity index (χ4n) is 1.91. The molecule has 8 heteroatoms. The van der Waals surface area contributed by atoms with E-state index in [1.807, 2.05) is 0 Å². The van der Waals surface area contributed by atoms with Crippen molar-refractivity contribution in [2.75, 3.05) is 6.54 Å². The van der Waals surface area contributed by atoms with Crippen molar-refractivity contribution in [3.05, 3.63) is 29.6 Å². The zero-order valence-electron chi connectivity index (χ0n) is 10.3. The smallest absolute Gasteiger partial charge is 0.207 e. The molecule has 0 aliphatic heterocycles. The fourth-order valence-corrected chi connectivity index (χ4v) is 3.69. The maximum atomic E-state index is 13.6. The Bertz CT molecular complexity index is 643. The highest BCUT2D eigenvalue weighted by Crippen LogP contribution is 2.34. The lowest BCUT2D eigenvalue weighted by atomic mass is 10.3. The molecule has 1 aromatic rings. The van der Waals surface area contributed by atoms with Gasteiger partial charge in [0.15, 0.2) is 4.90 Å². The first-order valence-electron chi connectivity index (χ1n) is 5.91. The third-order valence-corrected chi connectivity index (χ3v) is 4.93. The summed E-state index contributed by atoms with van der Waals surface area (Å²) in [6.07, 6.45) is 1.07. The number of hydrogen-bond donors (Lipinski definition) is 0. The molecule has 0 amide bonds. The summed E-state index contributed by atoms with van der Waals surface area (Å²) in [6.45, 7) is -0.139. The fraction of sp³-hybridized carbons (Fsp3) is 0.417. The third-order valence-electron chi connectivity index (χ3n) is 2.93. The lowest BCUT2D eigenvalue weighted by molar-refractivity contribution is 0.400. The third kappa shape index (κ3) is 2.78. The van der Waals surface area contributed by atoms with Gasteiger partial charge in [-0.05, 0) is 12.8 Å².